The lowest BCUT2D eigenvalue weighted by atomic mass is 10.0. The zero-order valence-corrected chi connectivity index (χ0v) is 21.6. The summed E-state index contributed by atoms with van der Waals surface area (Å²) in [5.41, 5.74) is 0.652. The Morgan fingerprint density at radius 3 is 2.27 bits per heavy atom. The standard InChI is InChI=1S/C28H30N2O7/c1-16(31)37-19-9-7-18(8-10-19)30-23(32)13-20(25(30)33)29(26(34)24-27(2,3)28(24,4)5)14-17-6-11-21-22(12-17)36-15-35-21/h6-12,20,24H,13-15H2,1-5H3. The molecule has 3 aliphatic rings. The van der Waals surface area contributed by atoms with Crippen LogP contribution in [-0.2, 0) is 25.7 Å². The van der Waals surface area contributed by atoms with Gasteiger partial charge in [-0.15, -0.1) is 0 Å². The predicted octanol–water partition coefficient (Wildman–Crippen LogP) is 3.68. The molecule has 2 fully saturated rings. The molecule has 0 spiro atoms. The van der Waals surface area contributed by atoms with Crippen LogP contribution < -0.4 is 19.1 Å². The molecule has 2 heterocycles. The molecule has 9 heteroatoms. The third kappa shape index (κ3) is 4.12. The Morgan fingerprint density at radius 2 is 1.65 bits per heavy atom. The van der Waals surface area contributed by atoms with Gasteiger partial charge in [0.05, 0.1) is 12.1 Å². The predicted molar refractivity (Wildman–Crippen MR) is 133 cm³/mol. The van der Waals surface area contributed by atoms with Gasteiger partial charge in [-0.25, -0.2) is 4.90 Å². The molecule has 37 heavy (non-hydrogen) atoms. The minimum absolute atomic E-state index is 0.117. The highest BCUT2D eigenvalue weighted by Gasteiger charge is 2.69. The summed E-state index contributed by atoms with van der Waals surface area (Å²) in [6.07, 6.45) is -0.117. The van der Waals surface area contributed by atoms with Crippen molar-refractivity contribution in [3.8, 4) is 17.2 Å². The highest BCUT2D eigenvalue weighted by molar-refractivity contribution is 6.23. The fraction of sp³-hybridized carbons (Fsp3) is 0.429. The number of amides is 3. The Bertz CT molecular complexity index is 1280. The van der Waals surface area contributed by atoms with Crippen molar-refractivity contribution in [3.05, 3.63) is 48.0 Å². The topological polar surface area (TPSA) is 102 Å². The van der Waals surface area contributed by atoms with Crippen molar-refractivity contribution < 1.29 is 33.4 Å². The van der Waals surface area contributed by atoms with E-state index in [1.165, 1.54) is 19.1 Å². The van der Waals surface area contributed by atoms with Crippen LogP contribution in [0.15, 0.2) is 42.5 Å². The monoisotopic (exact) mass is 506 g/mol. The van der Waals surface area contributed by atoms with Crippen LogP contribution in [0.25, 0.3) is 0 Å². The number of carbonyl (C=O) groups excluding carboxylic acids is 4. The maximum atomic E-state index is 13.9. The summed E-state index contributed by atoms with van der Waals surface area (Å²) in [7, 11) is 0. The van der Waals surface area contributed by atoms with Gasteiger partial charge in [0.15, 0.2) is 11.5 Å². The van der Waals surface area contributed by atoms with E-state index in [2.05, 4.69) is 0 Å². The van der Waals surface area contributed by atoms with Crippen molar-refractivity contribution in [1.82, 2.24) is 4.90 Å². The van der Waals surface area contributed by atoms with Crippen LogP contribution in [0, 0.1) is 16.7 Å². The number of hydrogen-bond acceptors (Lipinski definition) is 7. The van der Waals surface area contributed by atoms with Gasteiger partial charge in [0.25, 0.3) is 5.91 Å². The summed E-state index contributed by atoms with van der Waals surface area (Å²) in [6, 6.07) is 10.6. The highest BCUT2D eigenvalue weighted by Crippen LogP contribution is 2.69. The second-order valence-corrected chi connectivity index (χ2v) is 10.9. The van der Waals surface area contributed by atoms with Crippen LogP contribution >= 0.6 is 0 Å². The average molecular weight is 507 g/mol. The molecule has 0 N–H and O–H groups in total. The first-order valence-corrected chi connectivity index (χ1v) is 12.3. The van der Waals surface area contributed by atoms with Crippen molar-refractivity contribution in [2.24, 2.45) is 16.7 Å². The van der Waals surface area contributed by atoms with Crippen LogP contribution in [0.5, 0.6) is 17.2 Å². The van der Waals surface area contributed by atoms with Crippen molar-refractivity contribution in [1.29, 1.82) is 0 Å². The zero-order valence-electron chi connectivity index (χ0n) is 21.6. The Labute approximate surface area is 215 Å². The molecule has 1 saturated heterocycles. The summed E-state index contributed by atoms with van der Waals surface area (Å²) in [4.78, 5) is 54.5. The second-order valence-electron chi connectivity index (χ2n) is 10.9. The maximum absolute atomic E-state index is 13.9. The molecule has 5 rings (SSSR count). The van der Waals surface area contributed by atoms with Crippen LogP contribution in [0.2, 0.25) is 0 Å². The van der Waals surface area contributed by atoms with Gasteiger partial charge in [0.2, 0.25) is 18.6 Å². The first-order chi connectivity index (χ1) is 17.4. The van der Waals surface area contributed by atoms with E-state index >= 15 is 0 Å². The number of benzene rings is 2. The van der Waals surface area contributed by atoms with Gasteiger partial charge in [0, 0.05) is 19.4 Å². The number of imide groups is 1. The lowest BCUT2D eigenvalue weighted by Gasteiger charge is -2.29. The summed E-state index contributed by atoms with van der Waals surface area (Å²) in [6.45, 7) is 9.77. The lowest BCUT2D eigenvalue weighted by Crippen LogP contribution is -2.46. The molecule has 2 aromatic carbocycles. The molecule has 1 atom stereocenters. The number of nitrogens with zero attached hydrogens (tertiary/aromatic N) is 2. The Kier molecular flexibility index (Phi) is 5.77. The van der Waals surface area contributed by atoms with Crippen LogP contribution in [0.4, 0.5) is 5.69 Å². The van der Waals surface area contributed by atoms with Crippen molar-refractivity contribution in [2.45, 2.75) is 53.6 Å². The molecule has 2 aliphatic heterocycles. The van der Waals surface area contributed by atoms with Crippen molar-refractivity contribution in [3.63, 3.8) is 0 Å². The van der Waals surface area contributed by atoms with Crippen molar-refractivity contribution in [2.75, 3.05) is 11.7 Å². The number of hydrogen-bond donors (Lipinski definition) is 0. The van der Waals surface area contributed by atoms with Gasteiger partial charge in [-0.05, 0) is 52.8 Å². The second kappa shape index (κ2) is 8.61. The first-order valence-electron chi connectivity index (χ1n) is 12.3. The number of fused-ring (bicyclic) bond motifs is 1. The first kappa shape index (κ1) is 24.8. The molecule has 2 aromatic rings. The number of ether oxygens (including phenoxy) is 3. The Morgan fingerprint density at radius 1 is 1.00 bits per heavy atom. The SMILES string of the molecule is CC(=O)Oc1ccc(N2C(=O)CC(N(Cc3ccc4c(c3)OCO4)C(=O)C3C(C)(C)C3(C)C)C2=O)cc1. The van der Waals surface area contributed by atoms with Crippen LogP contribution in [0.3, 0.4) is 0 Å². The van der Waals surface area contributed by atoms with Crippen LogP contribution in [0.1, 0.15) is 46.6 Å². The molecule has 0 radical (unpaired) electrons. The molecule has 0 aromatic heterocycles. The van der Waals surface area contributed by atoms with Gasteiger partial charge in [0.1, 0.15) is 11.8 Å². The summed E-state index contributed by atoms with van der Waals surface area (Å²) in [5, 5.41) is 0. The number of rotatable bonds is 6. The van der Waals surface area contributed by atoms with E-state index in [0.29, 0.717) is 22.9 Å². The minimum atomic E-state index is -0.939. The summed E-state index contributed by atoms with van der Waals surface area (Å²) < 4.78 is 15.9. The molecule has 1 saturated carbocycles. The zero-order chi connectivity index (χ0) is 26.7. The molecule has 1 unspecified atom stereocenters. The third-order valence-electron chi connectivity index (χ3n) is 8.20. The lowest BCUT2D eigenvalue weighted by molar-refractivity contribution is -0.141. The van der Waals surface area contributed by atoms with Gasteiger partial charge in [-0.2, -0.15) is 0 Å². The largest absolute Gasteiger partial charge is 0.454 e. The minimum Gasteiger partial charge on any atom is -0.454 e. The normalized spacial score (nSPS) is 21.2. The van der Waals surface area contributed by atoms with Crippen molar-refractivity contribution >= 4 is 29.4 Å². The molecule has 9 nitrogen and oxygen atoms in total. The van der Waals surface area contributed by atoms with Gasteiger partial charge >= 0.3 is 5.97 Å². The fourth-order valence-electron chi connectivity index (χ4n) is 5.52. The molecule has 3 amide bonds. The quantitative estimate of drug-likeness (QED) is 0.335. The average Bonchev–Trinajstić information content (AvgIpc) is 3.19. The van der Waals surface area contributed by atoms with E-state index in [1.54, 1.807) is 29.2 Å². The number of esters is 1. The van der Waals surface area contributed by atoms with E-state index in [4.69, 9.17) is 14.2 Å². The third-order valence-corrected chi connectivity index (χ3v) is 8.20. The van der Waals surface area contributed by atoms with E-state index in [0.717, 1.165) is 10.5 Å². The maximum Gasteiger partial charge on any atom is 0.308 e. The molecular weight excluding hydrogens is 476 g/mol. The smallest absolute Gasteiger partial charge is 0.308 e. The highest BCUT2D eigenvalue weighted by atomic mass is 16.7. The molecule has 1 aliphatic carbocycles. The van der Waals surface area contributed by atoms with Gasteiger partial charge in [-0.1, -0.05) is 33.8 Å². The number of carbonyl (C=O) groups is 4. The van der Waals surface area contributed by atoms with Gasteiger partial charge in [-0.3, -0.25) is 19.2 Å². The van der Waals surface area contributed by atoms with E-state index < -0.39 is 23.8 Å². The number of anilines is 1. The van der Waals surface area contributed by atoms with E-state index in [-0.39, 0.29) is 42.4 Å². The van der Waals surface area contributed by atoms with Gasteiger partial charge < -0.3 is 19.1 Å². The Hall–Kier alpha value is -3.88. The fourth-order valence-corrected chi connectivity index (χ4v) is 5.52. The molecule has 0 bridgehead atoms. The van der Waals surface area contributed by atoms with E-state index in [9.17, 15) is 19.2 Å². The van der Waals surface area contributed by atoms with Crippen LogP contribution in [-0.4, -0.2) is 41.4 Å². The molecule has 194 valence electrons. The molecular formula is C28H30N2O7. The van der Waals surface area contributed by atoms with E-state index in [1.807, 2.05) is 33.8 Å². The summed E-state index contributed by atoms with van der Waals surface area (Å²) >= 11 is 0. The Balaban J connectivity index is 1.44. The summed E-state index contributed by atoms with van der Waals surface area (Å²) in [5.74, 6) is -0.236.